The van der Waals surface area contributed by atoms with Gasteiger partial charge in [-0.05, 0) is 32.9 Å². The molecule has 0 spiro atoms. The summed E-state index contributed by atoms with van der Waals surface area (Å²) >= 11 is 0. The fraction of sp³-hybridized carbons (Fsp3) is 0.333. The zero-order chi connectivity index (χ0) is 15.0. The van der Waals surface area contributed by atoms with Crippen LogP contribution in [0.3, 0.4) is 0 Å². The molecule has 6 nitrogen and oxygen atoms in total. The third-order valence-electron chi connectivity index (χ3n) is 2.81. The second kappa shape index (κ2) is 4.80. The molecule has 0 radical (unpaired) electrons. The van der Waals surface area contributed by atoms with Crippen molar-refractivity contribution in [3.63, 3.8) is 0 Å². The molecule has 0 bridgehead atoms. The van der Waals surface area contributed by atoms with Gasteiger partial charge in [-0.3, -0.25) is 4.99 Å². The van der Waals surface area contributed by atoms with Gasteiger partial charge in [0.05, 0.1) is 12.4 Å². The van der Waals surface area contributed by atoms with E-state index in [1.54, 1.807) is 33.0 Å². The lowest BCUT2D eigenvalue weighted by Gasteiger charge is -2.24. The summed E-state index contributed by atoms with van der Waals surface area (Å²) in [6.45, 7) is 5.42. The van der Waals surface area contributed by atoms with Gasteiger partial charge in [0.2, 0.25) is 6.10 Å². The van der Waals surface area contributed by atoms with E-state index in [4.69, 9.17) is 9.47 Å². The summed E-state index contributed by atoms with van der Waals surface area (Å²) in [7, 11) is 0. The van der Waals surface area contributed by atoms with Gasteiger partial charge in [-0.25, -0.2) is 14.8 Å². The number of ether oxygens (including phenoxy) is 2. The van der Waals surface area contributed by atoms with Gasteiger partial charge in [0.25, 0.3) is 0 Å². The molecule has 1 unspecified atom stereocenters. The van der Waals surface area contributed by atoms with Crippen LogP contribution >= 0.6 is 0 Å². The minimum Gasteiger partial charge on any atom is -0.469 e. The molecular formula is C15H15N3O3. The Labute approximate surface area is 121 Å². The molecule has 6 heteroatoms. The lowest BCUT2D eigenvalue weighted by molar-refractivity contribution is -0.159. The van der Waals surface area contributed by atoms with Crippen LogP contribution in [0.25, 0.3) is 11.0 Å². The normalized spacial score (nSPS) is 17.2. The first kappa shape index (κ1) is 13.5. The number of fused-ring (bicyclic) bond motifs is 3. The smallest absolute Gasteiger partial charge is 0.353 e. The monoisotopic (exact) mass is 285 g/mol. The number of nitrogens with zero attached hydrogens (tertiary/aromatic N) is 3. The average molecular weight is 285 g/mol. The van der Waals surface area contributed by atoms with E-state index in [0.717, 1.165) is 5.39 Å². The van der Waals surface area contributed by atoms with E-state index < -0.39 is 17.7 Å². The van der Waals surface area contributed by atoms with E-state index in [-0.39, 0.29) is 0 Å². The predicted molar refractivity (Wildman–Crippen MR) is 78.0 cm³/mol. The molecule has 0 N–H and O–H groups in total. The van der Waals surface area contributed by atoms with Crippen LogP contribution in [-0.4, -0.2) is 33.9 Å². The SMILES string of the molecule is CC(C)(C)OC(=O)C1C=Nc2c(cnc3ncccc23)O1. The number of pyridine rings is 2. The topological polar surface area (TPSA) is 73.7 Å². The Bertz CT molecular complexity index is 735. The fourth-order valence-corrected chi connectivity index (χ4v) is 2.00. The van der Waals surface area contributed by atoms with Crippen LogP contribution in [0.2, 0.25) is 0 Å². The third kappa shape index (κ3) is 2.69. The first-order valence-electron chi connectivity index (χ1n) is 6.61. The van der Waals surface area contributed by atoms with Crippen molar-refractivity contribution >= 4 is 28.9 Å². The molecule has 0 amide bonds. The van der Waals surface area contributed by atoms with Crippen molar-refractivity contribution in [1.82, 2.24) is 9.97 Å². The molecule has 1 aliphatic heterocycles. The van der Waals surface area contributed by atoms with Gasteiger partial charge in [0.1, 0.15) is 11.3 Å². The van der Waals surface area contributed by atoms with Crippen LogP contribution in [0.5, 0.6) is 5.75 Å². The van der Waals surface area contributed by atoms with E-state index in [2.05, 4.69) is 15.0 Å². The molecule has 2 aromatic heterocycles. The van der Waals surface area contributed by atoms with Crippen molar-refractivity contribution in [1.29, 1.82) is 0 Å². The predicted octanol–water partition coefficient (Wildman–Crippen LogP) is 2.43. The number of aromatic nitrogens is 2. The standard InChI is InChI=1S/C15H15N3O3/c1-15(2,3)21-14(19)11-8-17-12-9-5-4-6-16-13(9)18-7-10(12)20-11/h4-8,11H,1-3H3. The zero-order valence-electron chi connectivity index (χ0n) is 12.0. The van der Waals surface area contributed by atoms with E-state index in [0.29, 0.717) is 17.1 Å². The molecule has 0 aliphatic carbocycles. The largest absolute Gasteiger partial charge is 0.469 e. The minimum atomic E-state index is -0.854. The highest BCUT2D eigenvalue weighted by atomic mass is 16.6. The Morgan fingerprint density at radius 3 is 2.90 bits per heavy atom. The maximum Gasteiger partial charge on any atom is 0.353 e. The van der Waals surface area contributed by atoms with Crippen molar-refractivity contribution in [2.75, 3.05) is 0 Å². The molecule has 0 aromatic carbocycles. The van der Waals surface area contributed by atoms with Crippen molar-refractivity contribution in [3.8, 4) is 5.75 Å². The Hall–Kier alpha value is -2.50. The van der Waals surface area contributed by atoms with Gasteiger partial charge in [-0.15, -0.1) is 0 Å². The Morgan fingerprint density at radius 2 is 2.14 bits per heavy atom. The first-order valence-corrected chi connectivity index (χ1v) is 6.61. The molecule has 1 aliphatic rings. The average Bonchev–Trinajstić information content (AvgIpc) is 2.44. The van der Waals surface area contributed by atoms with E-state index in [1.165, 1.54) is 12.4 Å². The van der Waals surface area contributed by atoms with Crippen LogP contribution in [-0.2, 0) is 9.53 Å². The van der Waals surface area contributed by atoms with E-state index >= 15 is 0 Å². The second-order valence-electron chi connectivity index (χ2n) is 5.70. The van der Waals surface area contributed by atoms with Gasteiger partial charge in [0, 0.05) is 11.6 Å². The maximum absolute atomic E-state index is 12.0. The molecule has 0 fully saturated rings. The molecule has 21 heavy (non-hydrogen) atoms. The summed E-state index contributed by atoms with van der Waals surface area (Å²) in [4.78, 5) is 24.7. The maximum atomic E-state index is 12.0. The molecule has 2 aromatic rings. The van der Waals surface area contributed by atoms with Crippen LogP contribution in [0.4, 0.5) is 5.69 Å². The number of rotatable bonds is 1. The lowest BCUT2D eigenvalue weighted by atomic mass is 10.2. The van der Waals surface area contributed by atoms with Crippen LogP contribution in [0, 0.1) is 0 Å². The molecule has 0 saturated heterocycles. The number of carbonyl (C=O) groups excluding carboxylic acids is 1. The molecule has 108 valence electrons. The summed E-state index contributed by atoms with van der Waals surface area (Å²) < 4.78 is 10.9. The van der Waals surface area contributed by atoms with Gasteiger partial charge >= 0.3 is 5.97 Å². The van der Waals surface area contributed by atoms with Crippen LogP contribution in [0.15, 0.2) is 29.5 Å². The van der Waals surface area contributed by atoms with Gasteiger partial charge in [0.15, 0.2) is 11.4 Å². The summed E-state index contributed by atoms with van der Waals surface area (Å²) in [6.07, 6.45) is 3.78. The molecule has 3 heterocycles. The van der Waals surface area contributed by atoms with Gasteiger partial charge in [-0.2, -0.15) is 0 Å². The molecule has 1 atom stereocenters. The van der Waals surface area contributed by atoms with Crippen LogP contribution < -0.4 is 4.74 Å². The number of aliphatic imine (C=N–C) groups is 1. The Kier molecular flexibility index (Phi) is 3.08. The number of hydrogen-bond donors (Lipinski definition) is 0. The van der Waals surface area contributed by atoms with Crippen molar-refractivity contribution in [2.45, 2.75) is 32.5 Å². The lowest BCUT2D eigenvalue weighted by Crippen LogP contribution is -2.37. The van der Waals surface area contributed by atoms with E-state index in [9.17, 15) is 4.79 Å². The Balaban J connectivity index is 1.91. The minimum absolute atomic E-state index is 0.453. The highest BCUT2D eigenvalue weighted by Crippen LogP contribution is 2.36. The molecule has 3 rings (SSSR count). The number of esters is 1. The number of hydrogen-bond acceptors (Lipinski definition) is 6. The van der Waals surface area contributed by atoms with Crippen LogP contribution in [0.1, 0.15) is 20.8 Å². The zero-order valence-corrected chi connectivity index (χ0v) is 12.0. The highest BCUT2D eigenvalue weighted by molar-refractivity contribution is 6.00. The first-order chi connectivity index (χ1) is 9.94. The fourth-order valence-electron chi connectivity index (χ4n) is 2.00. The van der Waals surface area contributed by atoms with Crippen molar-refractivity contribution in [3.05, 3.63) is 24.5 Å². The summed E-state index contributed by atoms with van der Waals surface area (Å²) in [6, 6.07) is 3.67. The second-order valence-corrected chi connectivity index (χ2v) is 5.70. The third-order valence-corrected chi connectivity index (χ3v) is 2.81. The summed E-state index contributed by atoms with van der Waals surface area (Å²) in [5.74, 6) is -0.0166. The molecule has 0 saturated carbocycles. The highest BCUT2D eigenvalue weighted by Gasteiger charge is 2.29. The quantitative estimate of drug-likeness (QED) is 0.752. The summed E-state index contributed by atoms with van der Waals surface area (Å²) in [5.41, 5.74) is 0.653. The van der Waals surface area contributed by atoms with Gasteiger partial charge < -0.3 is 9.47 Å². The number of carbonyl (C=O) groups is 1. The molecular weight excluding hydrogens is 270 g/mol. The van der Waals surface area contributed by atoms with Gasteiger partial charge in [-0.1, -0.05) is 0 Å². The van der Waals surface area contributed by atoms with E-state index in [1.807, 2.05) is 6.07 Å². The summed E-state index contributed by atoms with van der Waals surface area (Å²) in [5, 5.41) is 0.786. The Morgan fingerprint density at radius 1 is 1.33 bits per heavy atom. The van der Waals surface area contributed by atoms with Crippen molar-refractivity contribution < 1.29 is 14.3 Å². The van der Waals surface area contributed by atoms with Crippen molar-refractivity contribution in [2.24, 2.45) is 4.99 Å².